The summed E-state index contributed by atoms with van der Waals surface area (Å²) in [4.78, 5) is 18.0. The van der Waals surface area contributed by atoms with E-state index in [0.29, 0.717) is 11.0 Å². The number of rotatable bonds is 4. The molecule has 1 atom stereocenters. The van der Waals surface area contributed by atoms with E-state index in [9.17, 15) is 4.79 Å². The van der Waals surface area contributed by atoms with E-state index < -0.39 is 0 Å². The lowest BCUT2D eigenvalue weighted by molar-refractivity contribution is 0.0953. The maximum atomic E-state index is 11.3. The number of hydrogen-bond acceptors (Lipinski definition) is 5. The van der Waals surface area contributed by atoms with Gasteiger partial charge in [0, 0.05) is 18.0 Å². The lowest BCUT2D eigenvalue weighted by atomic mass is 10.2. The minimum absolute atomic E-state index is 0.310. The average molecular weight is 254 g/mol. The summed E-state index contributed by atoms with van der Waals surface area (Å²) >= 11 is 1.34. The predicted octanol–water partition coefficient (Wildman–Crippen LogP) is 1.12. The number of likely N-dealkylation sites (tertiary alicyclic amines) is 1. The lowest BCUT2D eigenvalue weighted by Gasteiger charge is -2.21. The third kappa shape index (κ3) is 2.83. The number of nitrogen functional groups attached to an aromatic ring is 1. The van der Waals surface area contributed by atoms with Crippen molar-refractivity contribution in [1.29, 1.82) is 0 Å². The van der Waals surface area contributed by atoms with Crippen molar-refractivity contribution in [2.75, 3.05) is 6.54 Å². The Hall–Kier alpha value is -0.980. The Kier molecular flexibility index (Phi) is 4.09. The van der Waals surface area contributed by atoms with E-state index in [-0.39, 0.29) is 5.91 Å². The first-order chi connectivity index (χ1) is 8.24. The summed E-state index contributed by atoms with van der Waals surface area (Å²) in [6, 6.07) is 0.670. The fourth-order valence-corrected chi connectivity index (χ4v) is 3.03. The summed E-state index contributed by atoms with van der Waals surface area (Å²) in [7, 11) is 0. The van der Waals surface area contributed by atoms with Gasteiger partial charge in [-0.1, -0.05) is 6.92 Å². The number of thiazole rings is 1. The van der Waals surface area contributed by atoms with Gasteiger partial charge in [0.1, 0.15) is 0 Å². The number of nitrogens with zero attached hydrogens (tertiary/aromatic N) is 2. The van der Waals surface area contributed by atoms with Gasteiger partial charge in [-0.25, -0.2) is 10.8 Å². The topological polar surface area (TPSA) is 71.2 Å². The molecule has 0 aromatic carbocycles. The highest BCUT2D eigenvalue weighted by Gasteiger charge is 2.23. The van der Waals surface area contributed by atoms with Gasteiger partial charge in [-0.15, -0.1) is 11.3 Å². The second-order valence-electron chi connectivity index (χ2n) is 4.29. The summed E-state index contributed by atoms with van der Waals surface area (Å²) in [6.45, 7) is 4.19. The Morgan fingerprint density at radius 2 is 2.59 bits per heavy atom. The SMILES string of the molecule is CCC1CCCN1Cc1csc(C(=O)NN)n1. The molecule has 1 fully saturated rings. The second-order valence-corrected chi connectivity index (χ2v) is 5.15. The molecule has 1 saturated heterocycles. The molecule has 0 aliphatic carbocycles. The number of amides is 1. The molecule has 1 aromatic heterocycles. The first kappa shape index (κ1) is 12.5. The molecule has 1 amide bonds. The Balaban J connectivity index is 1.99. The second kappa shape index (κ2) is 5.57. The summed E-state index contributed by atoms with van der Waals surface area (Å²) in [6.07, 6.45) is 3.72. The number of hydrogen-bond donors (Lipinski definition) is 2. The van der Waals surface area contributed by atoms with E-state index in [1.165, 1.54) is 30.6 Å². The number of hydrazine groups is 1. The molecule has 2 heterocycles. The van der Waals surface area contributed by atoms with Crippen LogP contribution in [0.15, 0.2) is 5.38 Å². The van der Waals surface area contributed by atoms with Crippen LogP contribution < -0.4 is 11.3 Å². The van der Waals surface area contributed by atoms with Crippen molar-refractivity contribution in [3.8, 4) is 0 Å². The molecule has 3 N–H and O–H groups in total. The van der Waals surface area contributed by atoms with Gasteiger partial charge in [0.15, 0.2) is 5.01 Å². The minimum atomic E-state index is -0.310. The van der Waals surface area contributed by atoms with Crippen molar-refractivity contribution in [3.63, 3.8) is 0 Å². The van der Waals surface area contributed by atoms with Crippen LogP contribution in [-0.2, 0) is 6.54 Å². The molecule has 1 aliphatic heterocycles. The van der Waals surface area contributed by atoms with E-state index in [2.05, 4.69) is 22.2 Å². The third-order valence-corrected chi connectivity index (χ3v) is 4.10. The molecule has 5 nitrogen and oxygen atoms in total. The quantitative estimate of drug-likeness (QED) is 0.480. The van der Waals surface area contributed by atoms with Crippen molar-refractivity contribution < 1.29 is 4.79 Å². The zero-order valence-corrected chi connectivity index (χ0v) is 10.8. The van der Waals surface area contributed by atoms with Crippen LogP contribution in [0.1, 0.15) is 41.7 Å². The van der Waals surface area contributed by atoms with Crippen molar-refractivity contribution in [2.45, 2.75) is 38.8 Å². The van der Waals surface area contributed by atoms with Gasteiger partial charge in [-0.2, -0.15) is 0 Å². The summed E-state index contributed by atoms with van der Waals surface area (Å²) in [5.74, 6) is 4.77. The highest BCUT2D eigenvalue weighted by atomic mass is 32.1. The van der Waals surface area contributed by atoms with E-state index in [0.717, 1.165) is 18.8 Å². The van der Waals surface area contributed by atoms with E-state index in [1.807, 2.05) is 5.38 Å². The van der Waals surface area contributed by atoms with Gasteiger partial charge >= 0.3 is 0 Å². The van der Waals surface area contributed by atoms with Crippen molar-refractivity contribution in [1.82, 2.24) is 15.3 Å². The highest BCUT2D eigenvalue weighted by molar-refractivity contribution is 7.11. The number of carbonyl (C=O) groups excluding carboxylic acids is 1. The van der Waals surface area contributed by atoms with E-state index in [1.54, 1.807) is 0 Å². The molecule has 1 aromatic rings. The first-order valence-electron chi connectivity index (χ1n) is 5.94. The smallest absolute Gasteiger partial charge is 0.294 e. The fourth-order valence-electron chi connectivity index (χ4n) is 2.32. The molecule has 0 bridgehead atoms. The summed E-state index contributed by atoms with van der Waals surface area (Å²) < 4.78 is 0. The van der Waals surface area contributed by atoms with Crippen LogP contribution in [0.5, 0.6) is 0 Å². The van der Waals surface area contributed by atoms with Crippen molar-refractivity contribution >= 4 is 17.2 Å². The average Bonchev–Trinajstić information content (AvgIpc) is 2.97. The number of nitrogens with one attached hydrogen (secondary N) is 1. The minimum Gasteiger partial charge on any atom is -0.295 e. The Labute approximate surface area is 105 Å². The van der Waals surface area contributed by atoms with Crippen LogP contribution in [0, 0.1) is 0 Å². The van der Waals surface area contributed by atoms with Gasteiger partial charge in [0.05, 0.1) is 5.69 Å². The third-order valence-electron chi connectivity index (χ3n) is 3.21. The molecule has 6 heteroatoms. The van der Waals surface area contributed by atoms with Crippen LogP contribution in [-0.4, -0.2) is 28.4 Å². The summed E-state index contributed by atoms with van der Waals surface area (Å²) in [5.41, 5.74) is 3.07. The first-order valence-corrected chi connectivity index (χ1v) is 6.82. The Bertz CT molecular complexity index is 393. The molecule has 0 spiro atoms. The summed E-state index contributed by atoms with van der Waals surface area (Å²) in [5, 5.41) is 2.38. The van der Waals surface area contributed by atoms with Gasteiger partial charge in [0.2, 0.25) is 0 Å². The standard InChI is InChI=1S/C11H18N4OS/c1-2-9-4-3-5-15(9)6-8-7-17-11(13-8)10(16)14-12/h7,9H,2-6,12H2,1H3,(H,14,16). The van der Waals surface area contributed by atoms with Crippen LogP contribution >= 0.6 is 11.3 Å². The molecule has 94 valence electrons. The molecule has 17 heavy (non-hydrogen) atoms. The largest absolute Gasteiger partial charge is 0.295 e. The van der Waals surface area contributed by atoms with Crippen molar-refractivity contribution in [2.24, 2.45) is 5.84 Å². The normalized spacial score (nSPS) is 20.7. The molecule has 0 radical (unpaired) electrons. The van der Waals surface area contributed by atoms with Crippen molar-refractivity contribution in [3.05, 3.63) is 16.1 Å². The fraction of sp³-hybridized carbons (Fsp3) is 0.636. The number of carbonyl (C=O) groups is 1. The molecule has 1 aliphatic rings. The van der Waals surface area contributed by atoms with Crippen LogP contribution in [0.4, 0.5) is 0 Å². The number of aromatic nitrogens is 1. The zero-order valence-electron chi connectivity index (χ0n) is 9.98. The maximum absolute atomic E-state index is 11.3. The molecular weight excluding hydrogens is 236 g/mol. The molecule has 1 unspecified atom stereocenters. The zero-order chi connectivity index (χ0) is 12.3. The van der Waals surface area contributed by atoms with Crippen LogP contribution in [0.3, 0.4) is 0 Å². The molecule has 2 rings (SSSR count). The predicted molar refractivity (Wildman–Crippen MR) is 67.5 cm³/mol. The molecular formula is C11H18N4OS. The van der Waals surface area contributed by atoms with Crippen LogP contribution in [0.2, 0.25) is 0 Å². The lowest BCUT2D eigenvalue weighted by Crippen LogP contribution is -2.30. The number of nitrogens with two attached hydrogens (primary N) is 1. The van der Waals surface area contributed by atoms with Gasteiger partial charge in [-0.3, -0.25) is 15.1 Å². The molecule has 0 saturated carbocycles. The van der Waals surface area contributed by atoms with Crippen LogP contribution in [0.25, 0.3) is 0 Å². The Morgan fingerprint density at radius 1 is 1.76 bits per heavy atom. The van der Waals surface area contributed by atoms with Gasteiger partial charge < -0.3 is 0 Å². The monoisotopic (exact) mass is 254 g/mol. The van der Waals surface area contributed by atoms with Gasteiger partial charge in [0.25, 0.3) is 5.91 Å². The maximum Gasteiger partial charge on any atom is 0.294 e. The van der Waals surface area contributed by atoms with E-state index >= 15 is 0 Å². The van der Waals surface area contributed by atoms with E-state index in [4.69, 9.17) is 5.84 Å². The van der Waals surface area contributed by atoms with Gasteiger partial charge in [-0.05, 0) is 25.8 Å². The highest BCUT2D eigenvalue weighted by Crippen LogP contribution is 2.22. The Morgan fingerprint density at radius 3 is 3.29 bits per heavy atom.